The number of rotatable bonds is 2. The molecule has 112 valence electrons. The second kappa shape index (κ2) is 5.57. The van der Waals surface area contributed by atoms with Crippen LogP contribution in [0.3, 0.4) is 0 Å². The number of nitrogens with zero attached hydrogens (tertiary/aromatic N) is 1. The highest BCUT2D eigenvalue weighted by atomic mass is 14.7. The molecule has 0 bridgehead atoms. The van der Waals surface area contributed by atoms with Gasteiger partial charge in [0.1, 0.15) is 0 Å². The summed E-state index contributed by atoms with van der Waals surface area (Å²) in [6.07, 6.45) is 1.05. The van der Waals surface area contributed by atoms with Gasteiger partial charge in [0.05, 0.1) is 11.2 Å². The summed E-state index contributed by atoms with van der Waals surface area (Å²) < 4.78 is 0. The Balaban J connectivity index is 2.20. The average molecular weight is 289 g/mol. The first-order valence-corrected chi connectivity index (χ1v) is 7.88. The minimum absolute atomic E-state index is 0.258. The van der Waals surface area contributed by atoms with Gasteiger partial charge in [-0.25, -0.2) is 4.98 Å². The Labute approximate surface area is 133 Å². The zero-order chi connectivity index (χ0) is 15.7. The van der Waals surface area contributed by atoms with E-state index >= 15 is 0 Å². The van der Waals surface area contributed by atoms with E-state index < -0.39 is 0 Å². The molecule has 0 saturated carbocycles. The Morgan fingerprint density at radius 1 is 0.909 bits per heavy atom. The molecular weight excluding hydrogens is 266 g/mol. The molecule has 0 radical (unpaired) electrons. The molecule has 3 aromatic rings. The summed E-state index contributed by atoms with van der Waals surface area (Å²) in [5.74, 6) is 0. The fourth-order valence-electron chi connectivity index (χ4n) is 2.92. The largest absolute Gasteiger partial charge is 0.248 e. The first-order valence-electron chi connectivity index (χ1n) is 7.88. The molecule has 0 aliphatic carbocycles. The van der Waals surface area contributed by atoms with Crippen LogP contribution in [0.2, 0.25) is 0 Å². The zero-order valence-corrected chi connectivity index (χ0v) is 13.9. The van der Waals surface area contributed by atoms with Crippen molar-refractivity contribution in [2.24, 2.45) is 5.41 Å². The van der Waals surface area contributed by atoms with Crippen LogP contribution in [0.1, 0.15) is 31.9 Å². The van der Waals surface area contributed by atoms with Crippen molar-refractivity contribution in [2.75, 3.05) is 0 Å². The van der Waals surface area contributed by atoms with Crippen LogP contribution >= 0.6 is 0 Å². The third-order valence-corrected chi connectivity index (χ3v) is 3.84. The molecule has 1 nitrogen and oxygen atoms in total. The van der Waals surface area contributed by atoms with E-state index in [9.17, 15) is 0 Å². The quantitative estimate of drug-likeness (QED) is 0.581. The lowest BCUT2D eigenvalue weighted by Crippen LogP contribution is -2.10. The van der Waals surface area contributed by atoms with Gasteiger partial charge >= 0.3 is 0 Å². The molecule has 22 heavy (non-hydrogen) atoms. The van der Waals surface area contributed by atoms with Gasteiger partial charge in [0.15, 0.2) is 0 Å². The normalized spacial score (nSPS) is 11.8. The van der Waals surface area contributed by atoms with E-state index in [1.54, 1.807) is 0 Å². The predicted octanol–water partition coefficient (Wildman–Crippen LogP) is 5.80. The summed E-state index contributed by atoms with van der Waals surface area (Å²) in [5.41, 5.74) is 6.26. The molecule has 0 amide bonds. The lowest BCUT2D eigenvalue weighted by atomic mass is 9.86. The lowest BCUT2D eigenvalue weighted by Gasteiger charge is -2.20. The molecule has 0 unspecified atom stereocenters. The van der Waals surface area contributed by atoms with E-state index in [2.05, 4.69) is 82.3 Å². The minimum Gasteiger partial charge on any atom is -0.248 e. The fourth-order valence-corrected chi connectivity index (χ4v) is 2.92. The Hall–Kier alpha value is -2.15. The monoisotopic (exact) mass is 289 g/mol. The first-order chi connectivity index (χ1) is 10.4. The molecule has 0 saturated heterocycles. The Morgan fingerprint density at radius 3 is 2.41 bits per heavy atom. The molecule has 2 aromatic carbocycles. The lowest BCUT2D eigenvalue weighted by molar-refractivity contribution is 0.412. The summed E-state index contributed by atoms with van der Waals surface area (Å²) >= 11 is 0. The standard InChI is InChI=1S/C21H23N/c1-15-8-7-9-16(12-15)20-13-17(14-21(2,3)4)18-10-5-6-11-19(18)22-20/h5-13H,14H2,1-4H3. The van der Waals surface area contributed by atoms with Gasteiger partial charge in [0.2, 0.25) is 0 Å². The molecule has 0 spiro atoms. The van der Waals surface area contributed by atoms with Crippen LogP contribution in [0.25, 0.3) is 22.2 Å². The van der Waals surface area contributed by atoms with E-state index in [-0.39, 0.29) is 5.41 Å². The Morgan fingerprint density at radius 2 is 1.68 bits per heavy atom. The minimum atomic E-state index is 0.258. The molecule has 3 rings (SSSR count). The maximum absolute atomic E-state index is 4.88. The summed E-state index contributed by atoms with van der Waals surface area (Å²) in [4.78, 5) is 4.88. The van der Waals surface area contributed by atoms with Crippen molar-refractivity contribution in [3.8, 4) is 11.3 Å². The zero-order valence-electron chi connectivity index (χ0n) is 13.9. The van der Waals surface area contributed by atoms with E-state index in [0.717, 1.165) is 17.6 Å². The number of pyridine rings is 1. The van der Waals surface area contributed by atoms with Gasteiger partial charge in [-0.05, 0) is 42.5 Å². The number of para-hydroxylation sites is 1. The number of fused-ring (bicyclic) bond motifs is 1. The number of hydrogen-bond acceptors (Lipinski definition) is 1. The molecule has 0 N–H and O–H groups in total. The van der Waals surface area contributed by atoms with Crippen molar-refractivity contribution in [3.63, 3.8) is 0 Å². The highest BCUT2D eigenvalue weighted by molar-refractivity contribution is 5.85. The van der Waals surface area contributed by atoms with Crippen molar-refractivity contribution in [1.29, 1.82) is 0 Å². The maximum atomic E-state index is 4.88. The average Bonchev–Trinajstić information content (AvgIpc) is 2.45. The van der Waals surface area contributed by atoms with Gasteiger partial charge < -0.3 is 0 Å². The van der Waals surface area contributed by atoms with Crippen LogP contribution < -0.4 is 0 Å². The van der Waals surface area contributed by atoms with Crippen molar-refractivity contribution in [1.82, 2.24) is 4.98 Å². The van der Waals surface area contributed by atoms with Crippen molar-refractivity contribution >= 4 is 10.9 Å². The van der Waals surface area contributed by atoms with Crippen LogP contribution in [-0.2, 0) is 6.42 Å². The van der Waals surface area contributed by atoms with Crippen molar-refractivity contribution < 1.29 is 0 Å². The van der Waals surface area contributed by atoms with Gasteiger partial charge in [-0.15, -0.1) is 0 Å². The molecule has 0 atom stereocenters. The second-order valence-corrected chi connectivity index (χ2v) is 7.29. The highest BCUT2D eigenvalue weighted by Crippen LogP contribution is 2.30. The number of aromatic nitrogens is 1. The predicted molar refractivity (Wildman–Crippen MR) is 95.1 cm³/mol. The first kappa shape index (κ1) is 14.8. The Kier molecular flexibility index (Phi) is 3.74. The number of aryl methyl sites for hydroxylation is 1. The van der Waals surface area contributed by atoms with Crippen LogP contribution in [0.5, 0.6) is 0 Å². The summed E-state index contributed by atoms with van der Waals surface area (Å²) in [6, 6.07) is 19.3. The molecule has 1 heteroatoms. The second-order valence-electron chi connectivity index (χ2n) is 7.29. The van der Waals surface area contributed by atoms with Crippen LogP contribution in [-0.4, -0.2) is 4.98 Å². The topological polar surface area (TPSA) is 12.9 Å². The highest BCUT2D eigenvalue weighted by Gasteiger charge is 2.15. The van der Waals surface area contributed by atoms with Crippen LogP contribution in [0.4, 0.5) is 0 Å². The van der Waals surface area contributed by atoms with Crippen LogP contribution in [0, 0.1) is 12.3 Å². The van der Waals surface area contributed by atoms with E-state index in [4.69, 9.17) is 4.98 Å². The molecule has 0 fully saturated rings. The van der Waals surface area contributed by atoms with E-state index in [1.807, 2.05) is 0 Å². The molecule has 1 heterocycles. The van der Waals surface area contributed by atoms with Gasteiger partial charge in [-0.1, -0.05) is 62.7 Å². The summed E-state index contributed by atoms with van der Waals surface area (Å²) in [6.45, 7) is 8.98. The Bertz CT molecular complexity index is 809. The van der Waals surface area contributed by atoms with Crippen LogP contribution in [0.15, 0.2) is 54.6 Å². The van der Waals surface area contributed by atoms with Crippen molar-refractivity contribution in [2.45, 2.75) is 34.1 Å². The molecule has 0 aliphatic heterocycles. The number of benzene rings is 2. The SMILES string of the molecule is Cc1cccc(-c2cc(CC(C)(C)C)c3ccccc3n2)c1. The van der Waals surface area contributed by atoms with Crippen molar-refractivity contribution in [3.05, 3.63) is 65.7 Å². The van der Waals surface area contributed by atoms with Gasteiger partial charge in [-0.2, -0.15) is 0 Å². The summed E-state index contributed by atoms with van der Waals surface area (Å²) in [5, 5.41) is 1.27. The van der Waals surface area contributed by atoms with Gasteiger partial charge in [0, 0.05) is 10.9 Å². The smallest absolute Gasteiger partial charge is 0.0712 e. The maximum Gasteiger partial charge on any atom is 0.0712 e. The van der Waals surface area contributed by atoms with E-state index in [0.29, 0.717) is 0 Å². The molecule has 0 aliphatic rings. The van der Waals surface area contributed by atoms with Gasteiger partial charge in [0.25, 0.3) is 0 Å². The molecule has 1 aromatic heterocycles. The van der Waals surface area contributed by atoms with Gasteiger partial charge in [-0.3, -0.25) is 0 Å². The number of hydrogen-bond donors (Lipinski definition) is 0. The summed E-state index contributed by atoms with van der Waals surface area (Å²) in [7, 11) is 0. The third-order valence-electron chi connectivity index (χ3n) is 3.84. The fraction of sp³-hybridized carbons (Fsp3) is 0.286. The van der Waals surface area contributed by atoms with E-state index in [1.165, 1.54) is 22.1 Å². The molecular formula is C21H23N. The third kappa shape index (κ3) is 3.19.